The molecule has 0 heterocycles. The third kappa shape index (κ3) is 2.13. The van der Waals surface area contributed by atoms with E-state index in [1.165, 1.54) is 5.56 Å². The highest BCUT2D eigenvalue weighted by molar-refractivity contribution is 6.07. The molecule has 0 bridgehead atoms. The minimum atomic E-state index is -0.325. The molecule has 1 unspecified atom stereocenters. The molecule has 0 aromatic heterocycles. The van der Waals surface area contributed by atoms with Crippen LogP contribution < -0.4 is 0 Å². The second kappa shape index (κ2) is 4.69. The molecule has 1 aliphatic carbocycles. The monoisotopic (exact) mass is 243 g/mol. The highest BCUT2D eigenvalue weighted by atomic mass is 16.1. The summed E-state index contributed by atoms with van der Waals surface area (Å²) in [5.74, 6) is 0.274. The highest BCUT2D eigenvalue weighted by Gasteiger charge is 2.42. The molecule has 2 rings (SSSR count). The maximum Gasteiger partial charge on any atom is 0.178 e. The van der Waals surface area contributed by atoms with Gasteiger partial charge in [-0.3, -0.25) is 9.69 Å². The second-order valence-corrected chi connectivity index (χ2v) is 5.52. The largest absolute Gasteiger partial charge is 0.297 e. The van der Waals surface area contributed by atoms with E-state index in [1.807, 2.05) is 38.1 Å². The van der Waals surface area contributed by atoms with Crippen LogP contribution in [0.2, 0.25) is 0 Å². The molecule has 0 radical (unpaired) electrons. The van der Waals surface area contributed by atoms with E-state index in [9.17, 15) is 4.79 Å². The fraction of sp³-hybridized carbons (Fsp3) is 0.438. The van der Waals surface area contributed by atoms with Gasteiger partial charge >= 0.3 is 0 Å². The SMILES string of the molecule is Cc1ccccc1C=C1CCC(C)(N(C)C)C1=O. The lowest BCUT2D eigenvalue weighted by molar-refractivity contribution is -0.122. The number of benzene rings is 1. The number of Topliss-reactive ketones (excluding diaryl/α,β-unsaturated/α-hetero) is 1. The van der Waals surface area contributed by atoms with Crippen LogP contribution in [0.1, 0.15) is 30.9 Å². The summed E-state index contributed by atoms with van der Waals surface area (Å²) in [4.78, 5) is 14.5. The molecule has 1 aliphatic rings. The van der Waals surface area contributed by atoms with Crippen LogP contribution in [-0.4, -0.2) is 30.3 Å². The Labute approximate surface area is 109 Å². The molecule has 1 aromatic rings. The number of hydrogen-bond acceptors (Lipinski definition) is 2. The molecule has 1 aromatic carbocycles. The molecule has 0 N–H and O–H groups in total. The van der Waals surface area contributed by atoms with Crippen LogP contribution in [0.3, 0.4) is 0 Å². The summed E-state index contributed by atoms with van der Waals surface area (Å²) in [5.41, 5.74) is 3.01. The summed E-state index contributed by atoms with van der Waals surface area (Å²) in [6.07, 6.45) is 3.85. The van der Waals surface area contributed by atoms with Gasteiger partial charge in [-0.2, -0.15) is 0 Å². The maximum absolute atomic E-state index is 12.5. The van der Waals surface area contributed by atoms with Crippen molar-refractivity contribution in [3.63, 3.8) is 0 Å². The second-order valence-electron chi connectivity index (χ2n) is 5.52. The highest BCUT2D eigenvalue weighted by Crippen LogP contribution is 2.35. The molecule has 18 heavy (non-hydrogen) atoms. The standard InChI is InChI=1S/C16H21NO/c1-12-7-5-6-8-13(12)11-14-9-10-16(2,15(14)18)17(3)4/h5-8,11H,9-10H2,1-4H3. The molecule has 0 spiro atoms. The van der Waals surface area contributed by atoms with Crippen molar-refractivity contribution in [1.29, 1.82) is 0 Å². The van der Waals surface area contributed by atoms with Crippen molar-refractivity contribution in [2.24, 2.45) is 0 Å². The van der Waals surface area contributed by atoms with E-state index in [-0.39, 0.29) is 11.3 Å². The van der Waals surface area contributed by atoms with Crippen molar-refractivity contribution < 1.29 is 4.79 Å². The molecule has 1 atom stereocenters. The number of carbonyl (C=O) groups is 1. The van der Waals surface area contributed by atoms with Crippen molar-refractivity contribution >= 4 is 11.9 Å². The van der Waals surface area contributed by atoms with Gasteiger partial charge in [0.05, 0.1) is 5.54 Å². The van der Waals surface area contributed by atoms with Crippen molar-refractivity contribution in [2.45, 2.75) is 32.2 Å². The first-order valence-corrected chi connectivity index (χ1v) is 6.43. The lowest BCUT2D eigenvalue weighted by Crippen LogP contribution is -2.45. The fourth-order valence-electron chi connectivity index (χ4n) is 2.45. The summed E-state index contributed by atoms with van der Waals surface area (Å²) >= 11 is 0. The minimum absolute atomic E-state index is 0.274. The van der Waals surface area contributed by atoms with Crippen LogP contribution in [-0.2, 0) is 4.79 Å². The predicted octanol–water partition coefficient (Wildman–Crippen LogP) is 3.06. The summed E-state index contributed by atoms with van der Waals surface area (Å²) < 4.78 is 0. The Bertz CT molecular complexity index is 502. The van der Waals surface area contributed by atoms with E-state index >= 15 is 0 Å². The Morgan fingerprint density at radius 2 is 1.94 bits per heavy atom. The molecular weight excluding hydrogens is 222 g/mol. The van der Waals surface area contributed by atoms with Gasteiger partial charge in [0.15, 0.2) is 5.78 Å². The quantitative estimate of drug-likeness (QED) is 0.744. The van der Waals surface area contributed by atoms with Gasteiger partial charge in [-0.15, -0.1) is 0 Å². The molecule has 0 amide bonds. The third-order valence-corrected chi connectivity index (χ3v) is 4.17. The van der Waals surface area contributed by atoms with E-state index in [0.29, 0.717) is 0 Å². The molecule has 2 nitrogen and oxygen atoms in total. The Morgan fingerprint density at radius 3 is 2.50 bits per heavy atom. The lowest BCUT2D eigenvalue weighted by atomic mass is 9.96. The van der Waals surface area contributed by atoms with Crippen LogP contribution in [0, 0.1) is 6.92 Å². The summed E-state index contributed by atoms with van der Waals surface area (Å²) in [6, 6.07) is 8.19. The van der Waals surface area contributed by atoms with E-state index in [0.717, 1.165) is 24.0 Å². The van der Waals surface area contributed by atoms with Crippen molar-refractivity contribution in [3.8, 4) is 0 Å². The third-order valence-electron chi connectivity index (χ3n) is 4.17. The maximum atomic E-state index is 12.5. The van der Waals surface area contributed by atoms with E-state index in [4.69, 9.17) is 0 Å². The number of hydrogen-bond donors (Lipinski definition) is 0. The molecule has 1 saturated carbocycles. The smallest absolute Gasteiger partial charge is 0.178 e. The Morgan fingerprint density at radius 1 is 1.28 bits per heavy atom. The molecular formula is C16H21NO. The van der Waals surface area contributed by atoms with Crippen LogP contribution in [0.15, 0.2) is 29.8 Å². The van der Waals surface area contributed by atoms with Crippen molar-refractivity contribution in [3.05, 3.63) is 41.0 Å². The van der Waals surface area contributed by atoms with E-state index in [1.54, 1.807) is 0 Å². The van der Waals surface area contributed by atoms with Gasteiger partial charge in [-0.1, -0.05) is 24.3 Å². The molecule has 1 fully saturated rings. The van der Waals surface area contributed by atoms with E-state index in [2.05, 4.69) is 25.1 Å². The number of rotatable bonds is 2. The first-order valence-electron chi connectivity index (χ1n) is 6.43. The molecule has 0 aliphatic heterocycles. The predicted molar refractivity (Wildman–Crippen MR) is 75.5 cm³/mol. The minimum Gasteiger partial charge on any atom is -0.297 e. The number of carbonyl (C=O) groups excluding carboxylic acids is 1. The average Bonchev–Trinajstić information content (AvgIpc) is 2.62. The van der Waals surface area contributed by atoms with Gasteiger partial charge in [0, 0.05) is 0 Å². The van der Waals surface area contributed by atoms with E-state index < -0.39 is 0 Å². The van der Waals surface area contributed by atoms with Gasteiger partial charge < -0.3 is 0 Å². The molecule has 96 valence electrons. The zero-order valence-electron chi connectivity index (χ0n) is 11.7. The Balaban J connectivity index is 2.33. The topological polar surface area (TPSA) is 20.3 Å². The lowest BCUT2D eigenvalue weighted by Gasteiger charge is -2.29. The first-order chi connectivity index (χ1) is 8.45. The number of likely N-dealkylation sites (N-methyl/N-ethyl adjacent to an activating group) is 1. The number of nitrogens with zero attached hydrogens (tertiary/aromatic N) is 1. The first kappa shape index (κ1) is 13.0. The summed E-state index contributed by atoms with van der Waals surface area (Å²) in [5, 5.41) is 0. The average molecular weight is 243 g/mol. The fourth-order valence-corrected chi connectivity index (χ4v) is 2.45. The van der Waals surface area contributed by atoms with Gasteiger partial charge in [-0.25, -0.2) is 0 Å². The van der Waals surface area contributed by atoms with Crippen LogP contribution in [0.25, 0.3) is 6.08 Å². The van der Waals surface area contributed by atoms with Gasteiger partial charge in [0.1, 0.15) is 0 Å². The van der Waals surface area contributed by atoms with Gasteiger partial charge in [0.2, 0.25) is 0 Å². The normalized spacial score (nSPS) is 26.3. The zero-order valence-corrected chi connectivity index (χ0v) is 11.7. The van der Waals surface area contributed by atoms with Crippen molar-refractivity contribution in [2.75, 3.05) is 14.1 Å². The molecule has 0 saturated heterocycles. The van der Waals surface area contributed by atoms with Crippen LogP contribution in [0.5, 0.6) is 0 Å². The molecule has 2 heteroatoms. The Hall–Kier alpha value is -1.41. The van der Waals surface area contributed by atoms with Gasteiger partial charge in [0.25, 0.3) is 0 Å². The van der Waals surface area contributed by atoms with Crippen LogP contribution >= 0.6 is 0 Å². The Kier molecular flexibility index (Phi) is 3.40. The number of ketones is 1. The number of aryl methyl sites for hydroxylation is 1. The summed E-state index contributed by atoms with van der Waals surface area (Å²) in [7, 11) is 3.96. The van der Waals surface area contributed by atoms with Gasteiger partial charge in [-0.05, 0) is 63.6 Å². The van der Waals surface area contributed by atoms with Crippen molar-refractivity contribution in [1.82, 2.24) is 4.90 Å². The van der Waals surface area contributed by atoms with Crippen LogP contribution in [0.4, 0.5) is 0 Å². The zero-order chi connectivity index (χ0) is 13.3. The summed E-state index contributed by atoms with van der Waals surface area (Å²) in [6.45, 7) is 4.12.